The molecule has 4 nitrogen and oxygen atoms in total. The highest BCUT2D eigenvalue weighted by Crippen LogP contribution is 3.01. The molecule has 4 aliphatic carbocycles. The van der Waals surface area contributed by atoms with Crippen molar-refractivity contribution in [2.24, 2.45) is 22.2 Å². The molecule has 186 valence electrons. The quantitative estimate of drug-likeness (QED) is 0.361. The van der Waals surface area contributed by atoms with Gasteiger partial charge in [0.2, 0.25) is 0 Å². The van der Waals surface area contributed by atoms with Gasteiger partial charge in [-0.2, -0.15) is 0 Å². The smallest absolute Gasteiger partial charge is 0.177 e. The van der Waals surface area contributed by atoms with Crippen molar-refractivity contribution >= 4 is 32.8 Å². The monoisotopic (exact) mass is 519 g/mol. The van der Waals surface area contributed by atoms with Crippen LogP contribution in [0.4, 0.5) is 11.4 Å². The second-order valence-electron chi connectivity index (χ2n) is 12.1. The molecule has 0 bridgehead atoms. The second-order valence-corrected chi connectivity index (χ2v) is 14.5. The number of nitrogens with one attached hydrogen (secondary N) is 1. The molecule has 0 heterocycles. The molecule has 2 unspecified atom stereocenters. The molecule has 3 aromatic rings. The molecule has 6 heteroatoms. The highest BCUT2D eigenvalue weighted by atomic mass is 35.5. The highest BCUT2D eigenvalue weighted by Gasteiger charge is 2.96. The summed E-state index contributed by atoms with van der Waals surface area (Å²) in [5.41, 5.74) is 4.60. The van der Waals surface area contributed by atoms with Crippen LogP contribution in [0.1, 0.15) is 45.1 Å². The van der Waals surface area contributed by atoms with Crippen LogP contribution >= 0.6 is 11.6 Å². The summed E-state index contributed by atoms with van der Waals surface area (Å²) >= 11 is 6.76. The van der Waals surface area contributed by atoms with Crippen LogP contribution in [0.15, 0.2) is 71.6 Å². The summed E-state index contributed by atoms with van der Waals surface area (Å²) < 4.78 is 30.3. The first kappa shape index (κ1) is 22.7. The minimum absolute atomic E-state index is 0.268. The number of anilines is 2. The van der Waals surface area contributed by atoms with Crippen LogP contribution in [0.2, 0.25) is 5.02 Å². The number of benzene rings is 3. The zero-order chi connectivity index (χ0) is 25.1. The van der Waals surface area contributed by atoms with Crippen LogP contribution in [0.25, 0.3) is 0 Å². The Balaban J connectivity index is 1.09. The predicted molar refractivity (Wildman–Crippen MR) is 143 cm³/mol. The number of hydrogen-bond donors (Lipinski definition) is 1. The van der Waals surface area contributed by atoms with Crippen LogP contribution in [-0.4, -0.2) is 14.7 Å². The average Bonchev–Trinajstić information content (AvgIpc) is 2.78. The lowest BCUT2D eigenvalue weighted by molar-refractivity contribution is -0.483. The Morgan fingerprint density at radius 3 is 2.19 bits per heavy atom. The Labute approximate surface area is 217 Å². The van der Waals surface area contributed by atoms with Crippen LogP contribution in [0, 0.1) is 22.2 Å². The SMILES string of the molecule is CC12CC3CC4(C)CC(c5ccc(Oc6ccc(Nc7ccccc7S(C)(=O)=O)cc6)c(Cl)c5)(C1)C324. The molecule has 1 spiro atoms. The lowest BCUT2D eigenvalue weighted by Crippen LogP contribution is -2.95. The number of para-hydroxylation sites is 1. The zero-order valence-electron chi connectivity index (χ0n) is 20.8. The molecule has 0 aromatic heterocycles. The van der Waals surface area contributed by atoms with Crippen molar-refractivity contribution in [2.45, 2.75) is 49.8 Å². The molecule has 0 aliphatic heterocycles. The topological polar surface area (TPSA) is 55.4 Å². The molecule has 0 amide bonds. The summed E-state index contributed by atoms with van der Waals surface area (Å²) in [5, 5.41) is 3.85. The summed E-state index contributed by atoms with van der Waals surface area (Å²) in [6, 6.07) is 20.7. The molecule has 4 fully saturated rings. The van der Waals surface area contributed by atoms with Gasteiger partial charge in [0.25, 0.3) is 0 Å². The lowest BCUT2D eigenvalue weighted by atomic mass is 9.04. The fourth-order valence-corrected chi connectivity index (χ4v) is 10.8. The van der Waals surface area contributed by atoms with Gasteiger partial charge in [-0.25, -0.2) is 8.42 Å². The molecule has 1 N–H and O–H groups in total. The third kappa shape index (κ3) is 2.58. The number of sulfone groups is 1. The molecule has 0 saturated heterocycles. The molecule has 7 rings (SSSR count). The summed E-state index contributed by atoms with van der Waals surface area (Å²) in [7, 11) is -3.33. The van der Waals surface area contributed by atoms with E-state index in [1.54, 1.807) is 18.2 Å². The van der Waals surface area contributed by atoms with Crippen molar-refractivity contribution in [2.75, 3.05) is 11.6 Å². The first-order valence-electron chi connectivity index (χ1n) is 12.7. The van der Waals surface area contributed by atoms with Crippen LogP contribution < -0.4 is 10.1 Å². The van der Waals surface area contributed by atoms with E-state index < -0.39 is 9.84 Å². The predicted octanol–water partition coefficient (Wildman–Crippen LogP) is 7.75. The van der Waals surface area contributed by atoms with Crippen molar-refractivity contribution < 1.29 is 13.2 Å². The Kier molecular flexibility index (Phi) is 4.33. The molecular weight excluding hydrogens is 490 g/mol. The lowest BCUT2D eigenvalue weighted by Gasteiger charge is -2.99. The summed E-state index contributed by atoms with van der Waals surface area (Å²) in [6.45, 7) is 5.02. The first-order valence-corrected chi connectivity index (χ1v) is 14.9. The van der Waals surface area contributed by atoms with Crippen LogP contribution in [0.3, 0.4) is 0 Å². The number of halogens is 1. The molecule has 4 aliphatic rings. The van der Waals surface area contributed by atoms with E-state index in [1.165, 1.54) is 37.5 Å². The molecular formula is C30H30ClNO3S. The normalized spacial score (nSPS) is 35.2. The van der Waals surface area contributed by atoms with E-state index in [4.69, 9.17) is 16.3 Å². The Morgan fingerprint density at radius 2 is 1.61 bits per heavy atom. The maximum absolute atomic E-state index is 12.1. The van der Waals surface area contributed by atoms with Crippen molar-refractivity contribution in [3.8, 4) is 11.5 Å². The minimum Gasteiger partial charge on any atom is -0.456 e. The van der Waals surface area contributed by atoms with Crippen LogP contribution in [-0.2, 0) is 15.3 Å². The average molecular weight is 520 g/mol. The molecule has 4 saturated carbocycles. The van der Waals surface area contributed by atoms with Gasteiger partial charge in [0.15, 0.2) is 9.84 Å². The van der Waals surface area contributed by atoms with Gasteiger partial charge in [-0.15, -0.1) is 0 Å². The van der Waals surface area contributed by atoms with E-state index in [2.05, 4.69) is 31.3 Å². The van der Waals surface area contributed by atoms with Gasteiger partial charge in [0, 0.05) is 17.4 Å². The van der Waals surface area contributed by atoms with Crippen molar-refractivity contribution in [3.63, 3.8) is 0 Å². The van der Waals surface area contributed by atoms with Crippen molar-refractivity contribution in [3.05, 3.63) is 77.3 Å². The van der Waals surface area contributed by atoms with Crippen molar-refractivity contribution in [1.29, 1.82) is 0 Å². The third-order valence-electron chi connectivity index (χ3n) is 10.2. The number of ether oxygens (including phenoxy) is 1. The second kappa shape index (κ2) is 6.87. The standard InChI is InChI=1S/C30H30ClNO3S/c1-27-15-20-16-28(2)18-29(17-27,30(20,27)28)19-8-13-25(23(31)14-19)35-22-11-9-21(10-12-22)32-24-6-4-5-7-26(24)36(3,33)34/h4-14,20,32H,15-18H2,1-3H3. The first-order chi connectivity index (χ1) is 17.0. The highest BCUT2D eigenvalue weighted by molar-refractivity contribution is 7.90. The Morgan fingerprint density at radius 1 is 0.944 bits per heavy atom. The van der Waals surface area contributed by atoms with Crippen LogP contribution in [0.5, 0.6) is 11.5 Å². The summed E-state index contributed by atoms with van der Waals surface area (Å²) in [5.74, 6) is 2.23. The van der Waals surface area contributed by atoms with Gasteiger partial charge < -0.3 is 10.1 Å². The van der Waals surface area contributed by atoms with E-state index in [9.17, 15) is 8.42 Å². The van der Waals surface area contributed by atoms with Crippen molar-refractivity contribution in [1.82, 2.24) is 0 Å². The maximum atomic E-state index is 12.1. The van der Waals surface area contributed by atoms with Gasteiger partial charge in [-0.1, -0.05) is 43.6 Å². The van der Waals surface area contributed by atoms with E-state index in [0.717, 1.165) is 11.6 Å². The minimum atomic E-state index is -3.33. The fraction of sp³-hybridized carbons (Fsp3) is 0.400. The van der Waals surface area contributed by atoms with Gasteiger partial charge >= 0.3 is 0 Å². The molecule has 36 heavy (non-hydrogen) atoms. The van der Waals surface area contributed by atoms with Gasteiger partial charge in [-0.3, -0.25) is 0 Å². The summed E-state index contributed by atoms with van der Waals surface area (Å²) in [4.78, 5) is 0.268. The third-order valence-corrected chi connectivity index (χ3v) is 11.6. The Hall–Kier alpha value is -2.50. The number of hydrogen-bond acceptors (Lipinski definition) is 4. The van der Waals surface area contributed by atoms with Gasteiger partial charge in [-0.05, 0) is 102 Å². The van der Waals surface area contributed by atoms with E-state index in [-0.39, 0.29) is 4.90 Å². The fourth-order valence-electron chi connectivity index (χ4n) is 9.76. The molecule has 3 aromatic carbocycles. The Bertz CT molecular complexity index is 1510. The van der Waals surface area contributed by atoms with E-state index in [1.807, 2.05) is 36.4 Å². The number of rotatable bonds is 6. The maximum Gasteiger partial charge on any atom is 0.177 e. The molecule has 0 radical (unpaired) electrons. The van der Waals surface area contributed by atoms with E-state index >= 15 is 0 Å². The van der Waals surface area contributed by atoms with Gasteiger partial charge in [0.05, 0.1) is 15.6 Å². The zero-order valence-corrected chi connectivity index (χ0v) is 22.3. The summed E-state index contributed by atoms with van der Waals surface area (Å²) in [6.07, 6.45) is 6.61. The largest absolute Gasteiger partial charge is 0.456 e. The van der Waals surface area contributed by atoms with Gasteiger partial charge in [0.1, 0.15) is 11.5 Å². The van der Waals surface area contributed by atoms with E-state index in [0.29, 0.717) is 43.9 Å². The molecule has 2 atom stereocenters.